The van der Waals surface area contributed by atoms with E-state index >= 15 is 0 Å². The number of alkyl halides is 13. The molecule has 0 saturated heterocycles. The number of benzene rings is 1. The number of ether oxygens (including phenoxy) is 1. The largest absolute Gasteiger partial charge is 0.494 e. The van der Waals surface area contributed by atoms with Gasteiger partial charge in [0, 0.05) is 0 Å². The summed E-state index contributed by atoms with van der Waals surface area (Å²) in [6.45, 7) is 2.45. The maximum Gasteiger partial charge on any atom is 0.460 e. The van der Waals surface area contributed by atoms with E-state index in [0.29, 0.717) is 13.3 Å². The van der Waals surface area contributed by atoms with E-state index in [2.05, 4.69) is 0 Å². The Labute approximate surface area is 184 Å². The smallest absolute Gasteiger partial charge is 0.460 e. The first-order valence-electron chi connectivity index (χ1n) is 9.41. The summed E-state index contributed by atoms with van der Waals surface area (Å²) >= 11 is 0. The van der Waals surface area contributed by atoms with Crippen LogP contribution < -0.4 is 4.74 Å². The van der Waals surface area contributed by atoms with Gasteiger partial charge in [0.25, 0.3) is 0 Å². The second kappa shape index (κ2) is 9.26. The minimum absolute atomic E-state index is 0.130. The van der Waals surface area contributed by atoms with Crippen molar-refractivity contribution in [1.82, 2.24) is 0 Å². The van der Waals surface area contributed by atoms with Crippen molar-refractivity contribution < 1.29 is 66.9 Å². The highest BCUT2D eigenvalue weighted by atomic mass is 19.4. The van der Waals surface area contributed by atoms with Crippen molar-refractivity contribution >= 4 is 0 Å². The zero-order valence-electron chi connectivity index (χ0n) is 17.4. The highest BCUT2D eigenvalue weighted by molar-refractivity contribution is 5.31. The molecule has 0 heterocycles. The van der Waals surface area contributed by atoms with E-state index in [1.165, 1.54) is 0 Å². The van der Waals surface area contributed by atoms with Crippen molar-refractivity contribution in [2.75, 3.05) is 6.61 Å². The van der Waals surface area contributed by atoms with Gasteiger partial charge >= 0.3 is 35.8 Å². The SMILES string of the molecule is CCCCOc1ccc(C(C)(O)CC(F)(F)C(F)(F)C(F)(F)C(F)(F)C(F)(F)C(F)(F)F)cc1. The summed E-state index contributed by atoms with van der Waals surface area (Å²) in [4.78, 5) is 0. The fraction of sp³-hybridized carbons (Fsp3) is 0.684. The van der Waals surface area contributed by atoms with Gasteiger partial charge in [-0.2, -0.15) is 57.1 Å². The monoisotopic (exact) mass is 526 g/mol. The lowest BCUT2D eigenvalue weighted by Crippen LogP contribution is -2.70. The summed E-state index contributed by atoms with van der Waals surface area (Å²) in [5.74, 6) is -37.4. The molecule has 1 aromatic rings. The topological polar surface area (TPSA) is 29.5 Å². The first-order chi connectivity index (χ1) is 15.0. The van der Waals surface area contributed by atoms with Crippen LogP contribution in [-0.2, 0) is 5.60 Å². The second-order valence-electron chi connectivity index (χ2n) is 7.68. The Bertz CT molecular complexity index is 814. The zero-order chi connectivity index (χ0) is 27.0. The normalized spacial score (nSPS) is 16.4. The number of hydrogen-bond acceptors (Lipinski definition) is 2. The van der Waals surface area contributed by atoms with E-state index in [4.69, 9.17) is 4.74 Å². The second-order valence-corrected chi connectivity index (χ2v) is 7.68. The van der Waals surface area contributed by atoms with Gasteiger partial charge in [-0.15, -0.1) is 0 Å². The van der Waals surface area contributed by atoms with Gasteiger partial charge in [-0.1, -0.05) is 25.5 Å². The van der Waals surface area contributed by atoms with Crippen molar-refractivity contribution in [3.63, 3.8) is 0 Å². The van der Waals surface area contributed by atoms with Gasteiger partial charge < -0.3 is 9.84 Å². The molecule has 0 aliphatic carbocycles. The molecule has 0 amide bonds. The van der Waals surface area contributed by atoms with Crippen LogP contribution in [0, 0.1) is 0 Å². The third kappa shape index (κ3) is 5.18. The van der Waals surface area contributed by atoms with Gasteiger partial charge in [-0.3, -0.25) is 0 Å². The molecule has 1 atom stereocenters. The summed E-state index contributed by atoms with van der Waals surface area (Å²) < 4.78 is 177. The predicted molar refractivity (Wildman–Crippen MR) is 91.8 cm³/mol. The first-order valence-corrected chi connectivity index (χ1v) is 9.41. The molecule has 0 aliphatic rings. The lowest BCUT2D eigenvalue weighted by atomic mass is 9.84. The minimum atomic E-state index is -7.98. The maximum absolute atomic E-state index is 14.1. The molecule has 0 saturated carbocycles. The van der Waals surface area contributed by atoms with Crippen LogP contribution in [-0.4, -0.2) is 47.5 Å². The molecule has 198 valence electrons. The Morgan fingerprint density at radius 3 is 1.56 bits per heavy atom. The average Bonchev–Trinajstić information content (AvgIpc) is 2.66. The molecule has 1 rings (SSSR count). The number of rotatable bonds is 11. The third-order valence-electron chi connectivity index (χ3n) is 4.81. The number of hydrogen-bond donors (Lipinski definition) is 1. The van der Waals surface area contributed by atoms with Crippen molar-refractivity contribution in [2.24, 2.45) is 0 Å². The van der Waals surface area contributed by atoms with E-state index in [0.717, 1.165) is 30.7 Å². The van der Waals surface area contributed by atoms with Gasteiger partial charge in [0.05, 0.1) is 18.6 Å². The fourth-order valence-electron chi connectivity index (χ4n) is 2.69. The number of halogens is 13. The van der Waals surface area contributed by atoms with Crippen LogP contribution in [0.1, 0.15) is 38.7 Å². The molecular weight excluding hydrogens is 507 g/mol. The lowest BCUT2D eigenvalue weighted by Gasteiger charge is -2.41. The summed E-state index contributed by atoms with van der Waals surface area (Å²) in [7, 11) is 0. The Hall–Kier alpha value is -1.93. The van der Waals surface area contributed by atoms with Crippen molar-refractivity contribution in [2.45, 2.75) is 74.5 Å². The van der Waals surface area contributed by atoms with Crippen LogP contribution in [0.3, 0.4) is 0 Å². The Morgan fingerprint density at radius 2 is 1.15 bits per heavy atom. The van der Waals surface area contributed by atoms with Gasteiger partial charge in [-0.25, -0.2) is 0 Å². The van der Waals surface area contributed by atoms with E-state index in [1.807, 2.05) is 6.92 Å². The molecule has 0 aliphatic heterocycles. The molecule has 1 aromatic carbocycles. The van der Waals surface area contributed by atoms with Crippen molar-refractivity contribution in [3.8, 4) is 5.75 Å². The van der Waals surface area contributed by atoms with E-state index in [1.54, 1.807) is 0 Å². The Morgan fingerprint density at radius 1 is 0.706 bits per heavy atom. The Balaban J connectivity index is 3.28. The van der Waals surface area contributed by atoms with Crippen LogP contribution >= 0.6 is 0 Å². The van der Waals surface area contributed by atoms with Crippen LogP contribution in [0.2, 0.25) is 0 Å². The van der Waals surface area contributed by atoms with Crippen LogP contribution in [0.5, 0.6) is 5.75 Å². The quantitative estimate of drug-likeness (QED) is 0.244. The van der Waals surface area contributed by atoms with Crippen molar-refractivity contribution in [1.29, 1.82) is 0 Å². The molecule has 15 heteroatoms. The lowest BCUT2D eigenvalue weighted by molar-refractivity contribution is -0.441. The summed E-state index contributed by atoms with van der Waals surface area (Å²) in [6.07, 6.45) is -8.86. The summed E-state index contributed by atoms with van der Waals surface area (Å²) in [5, 5.41) is 10.1. The van der Waals surface area contributed by atoms with E-state index in [9.17, 15) is 62.2 Å². The van der Waals surface area contributed by atoms with Crippen LogP contribution in [0.25, 0.3) is 0 Å². The van der Waals surface area contributed by atoms with E-state index < -0.39 is 53.4 Å². The number of aliphatic hydroxyl groups is 1. The standard InChI is InChI=1S/C19H19F13O2/c1-3-4-9-34-12-7-5-11(6-8-12)13(2,33)10-14(20,21)15(22,23)16(24,25)17(26,27)18(28,29)19(30,31)32/h5-8,33H,3-4,9-10H2,1-2H3. The van der Waals surface area contributed by atoms with E-state index in [-0.39, 0.29) is 12.4 Å². The number of unbranched alkanes of at least 4 members (excludes halogenated alkanes) is 1. The molecule has 0 aromatic heterocycles. The van der Waals surface area contributed by atoms with Crippen molar-refractivity contribution in [3.05, 3.63) is 29.8 Å². The third-order valence-corrected chi connectivity index (χ3v) is 4.81. The molecule has 0 radical (unpaired) electrons. The summed E-state index contributed by atoms with van der Waals surface area (Å²) in [5.41, 5.74) is -3.77. The molecule has 0 spiro atoms. The highest BCUT2D eigenvalue weighted by Crippen LogP contribution is 2.61. The molecule has 2 nitrogen and oxygen atoms in total. The molecule has 0 bridgehead atoms. The first kappa shape index (κ1) is 30.1. The molecular formula is C19H19F13O2. The zero-order valence-corrected chi connectivity index (χ0v) is 17.4. The molecule has 1 unspecified atom stereocenters. The van der Waals surface area contributed by atoms with Crippen LogP contribution in [0.4, 0.5) is 57.1 Å². The van der Waals surface area contributed by atoms with Gasteiger partial charge in [0.2, 0.25) is 0 Å². The van der Waals surface area contributed by atoms with Crippen LogP contribution in [0.15, 0.2) is 24.3 Å². The van der Waals surface area contributed by atoms with Gasteiger partial charge in [0.1, 0.15) is 5.75 Å². The Kier molecular flexibility index (Phi) is 8.20. The molecule has 34 heavy (non-hydrogen) atoms. The van der Waals surface area contributed by atoms with Gasteiger partial charge in [-0.05, 0) is 31.0 Å². The van der Waals surface area contributed by atoms with Gasteiger partial charge in [0.15, 0.2) is 0 Å². The molecule has 1 N–H and O–H groups in total. The average molecular weight is 526 g/mol. The summed E-state index contributed by atoms with van der Waals surface area (Å²) in [6, 6.07) is 3.84. The predicted octanol–water partition coefficient (Wildman–Crippen LogP) is 7.20. The molecule has 0 fully saturated rings. The minimum Gasteiger partial charge on any atom is -0.494 e. The maximum atomic E-state index is 14.1. The highest BCUT2D eigenvalue weighted by Gasteiger charge is 2.90. The fourth-order valence-corrected chi connectivity index (χ4v) is 2.69.